The van der Waals surface area contributed by atoms with Gasteiger partial charge in [0.15, 0.2) is 0 Å². The van der Waals surface area contributed by atoms with Crippen LogP contribution in [0.15, 0.2) is 30.7 Å². The van der Waals surface area contributed by atoms with E-state index in [1.807, 2.05) is 36.9 Å². The Labute approximate surface area is 154 Å². The van der Waals surface area contributed by atoms with Gasteiger partial charge in [-0.15, -0.1) is 0 Å². The molecular formula is C19H27N5O2. The molecule has 2 aromatic heterocycles. The smallest absolute Gasteiger partial charge is 0.255 e. The second-order valence-electron chi connectivity index (χ2n) is 6.82. The van der Waals surface area contributed by atoms with Crippen LogP contribution in [-0.4, -0.2) is 56.7 Å². The van der Waals surface area contributed by atoms with E-state index in [0.717, 1.165) is 37.6 Å². The number of rotatable bonds is 6. The topological polar surface area (TPSA) is 74.5 Å². The highest BCUT2D eigenvalue weighted by atomic mass is 16.3. The summed E-state index contributed by atoms with van der Waals surface area (Å²) in [5, 5.41) is 9.38. The van der Waals surface area contributed by atoms with Gasteiger partial charge in [0.1, 0.15) is 11.6 Å². The van der Waals surface area contributed by atoms with E-state index < -0.39 is 0 Å². The molecule has 3 heterocycles. The van der Waals surface area contributed by atoms with Gasteiger partial charge in [0, 0.05) is 51.9 Å². The molecule has 1 atom stereocenters. The SMILES string of the molecule is CCN(Cc1nccn1C)C(=O)c1ccc(N2CCC[C@@H](CO)C2)nc1. The number of aryl methyl sites for hydroxylation is 1. The lowest BCUT2D eigenvalue weighted by atomic mass is 9.99. The predicted molar refractivity (Wildman–Crippen MR) is 99.9 cm³/mol. The number of piperidine rings is 1. The van der Waals surface area contributed by atoms with Crippen LogP contribution in [0.5, 0.6) is 0 Å². The third-order valence-electron chi connectivity index (χ3n) is 5.02. The molecule has 1 fully saturated rings. The van der Waals surface area contributed by atoms with Gasteiger partial charge in [-0.05, 0) is 37.8 Å². The van der Waals surface area contributed by atoms with E-state index in [0.29, 0.717) is 24.6 Å². The van der Waals surface area contributed by atoms with Crippen LogP contribution < -0.4 is 4.90 Å². The highest BCUT2D eigenvalue weighted by Crippen LogP contribution is 2.21. The fourth-order valence-corrected chi connectivity index (χ4v) is 3.35. The van der Waals surface area contributed by atoms with Crippen LogP contribution in [0.3, 0.4) is 0 Å². The highest BCUT2D eigenvalue weighted by molar-refractivity contribution is 5.94. The number of hydrogen-bond acceptors (Lipinski definition) is 5. The third-order valence-corrected chi connectivity index (χ3v) is 5.02. The Hall–Kier alpha value is -2.41. The average Bonchev–Trinajstić information content (AvgIpc) is 3.10. The van der Waals surface area contributed by atoms with Gasteiger partial charge in [-0.2, -0.15) is 0 Å². The van der Waals surface area contributed by atoms with E-state index in [-0.39, 0.29) is 12.5 Å². The summed E-state index contributed by atoms with van der Waals surface area (Å²) in [7, 11) is 1.93. The number of anilines is 1. The molecule has 1 aliphatic rings. The Kier molecular flexibility index (Phi) is 5.88. The maximum Gasteiger partial charge on any atom is 0.255 e. The lowest BCUT2D eigenvalue weighted by molar-refractivity contribution is 0.0747. The number of hydrogen-bond donors (Lipinski definition) is 1. The standard InChI is InChI=1S/C19H27N5O2/c1-3-23(13-18-20-8-10-22(18)2)19(26)16-6-7-17(21-11-16)24-9-4-5-15(12-24)14-25/h6-8,10-11,15,25H,3-5,9,12-14H2,1-2H3/t15-/m1/s1. The maximum atomic E-state index is 12.8. The molecule has 26 heavy (non-hydrogen) atoms. The zero-order valence-electron chi connectivity index (χ0n) is 15.5. The molecule has 7 heteroatoms. The molecule has 1 saturated heterocycles. The molecule has 0 spiro atoms. The fraction of sp³-hybridized carbons (Fsp3) is 0.526. The molecule has 0 aliphatic carbocycles. The van der Waals surface area contributed by atoms with E-state index in [1.165, 1.54) is 0 Å². The van der Waals surface area contributed by atoms with Crippen LogP contribution >= 0.6 is 0 Å². The number of pyridine rings is 1. The summed E-state index contributed by atoms with van der Waals surface area (Å²) < 4.78 is 1.92. The first-order valence-electron chi connectivity index (χ1n) is 9.19. The maximum absolute atomic E-state index is 12.8. The minimum atomic E-state index is -0.0403. The predicted octanol–water partition coefficient (Wildman–Crippen LogP) is 1.69. The number of imidazole rings is 1. The number of carbonyl (C=O) groups excluding carboxylic acids is 1. The molecule has 0 unspecified atom stereocenters. The van der Waals surface area contributed by atoms with Crippen LogP contribution in [0.25, 0.3) is 0 Å². The van der Waals surface area contributed by atoms with Gasteiger partial charge in [0.25, 0.3) is 5.91 Å². The van der Waals surface area contributed by atoms with Crippen LogP contribution in [-0.2, 0) is 13.6 Å². The zero-order valence-corrected chi connectivity index (χ0v) is 15.5. The highest BCUT2D eigenvalue weighted by Gasteiger charge is 2.21. The van der Waals surface area contributed by atoms with Crippen LogP contribution in [0.2, 0.25) is 0 Å². The van der Waals surface area contributed by atoms with Crippen LogP contribution in [0, 0.1) is 5.92 Å². The number of nitrogens with zero attached hydrogens (tertiary/aromatic N) is 5. The van der Waals surface area contributed by atoms with Crippen molar-refractivity contribution in [3.63, 3.8) is 0 Å². The Balaban J connectivity index is 1.68. The number of aliphatic hydroxyl groups is 1. The molecule has 1 aliphatic heterocycles. The minimum Gasteiger partial charge on any atom is -0.396 e. The van der Waals surface area contributed by atoms with Gasteiger partial charge >= 0.3 is 0 Å². The normalized spacial score (nSPS) is 17.3. The average molecular weight is 357 g/mol. The number of amides is 1. The molecule has 1 N–H and O–H groups in total. The summed E-state index contributed by atoms with van der Waals surface area (Å²) in [5.74, 6) is 1.99. The first-order chi connectivity index (χ1) is 12.6. The van der Waals surface area contributed by atoms with Crippen LogP contribution in [0.1, 0.15) is 35.9 Å². The largest absolute Gasteiger partial charge is 0.396 e. The summed E-state index contributed by atoms with van der Waals surface area (Å²) >= 11 is 0. The van der Waals surface area contributed by atoms with E-state index in [1.54, 1.807) is 17.3 Å². The first-order valence-corrected chi connectivity index (χ1v) is 9.19. The molecule has 140 valence electrons. The first kappa shape index (κ1) is 18.4. The minimum absolute atomic E-state index is 0.0403. The fourth-order valence-electron chi connectivity index (χ4n) is 3.35. The lowest BCUT2D eigenvalue weighted by Crippen LogP contribution is -2.37. The molecule has 0 saturated carbocycles. The van der Waals surface area contributed by atoms with E-state index in [9.17, 15) is 9.90 Å². The zero-order chi connectivity index (χ0) is 18.5. The van der Waals surface area contributed by atoms with Crippen molar-refractivity contribution in [2.75, 3.05) is 31.1 Å². The Bertz CT molecular complexity index is 728. The van der Waals surface area contributed by atoms with Crippen molar-refractivity contribution >= 4 is 11.7 Å². The van der Waals surface area contributed by atoms with Crippen molar-refractivity contribution in [1.29, 1.82) is 0 Å². The van der Waals surface area contributed by atoms with Gasteiger partial charge in [0.2, 0.25) is 0 Å². The van der Waals surface area contributed by atoms with Crippen LogP contribution in [0.4, 0.5) is 5.82 Å². The van der Waals surface area contributed by atoms with Crippen molar-refractivity contribution in [2.45, 2.75) is 26.3 Å². The van der Waals surface area contributed by atoms with Gasteiger partial charge in [-0.1, -0.05) is 0 Å². The molecule has 7 nitrogen and oxygen atoms in total. The summed E-state index contributed by atoms with van der Waals surface area (Å²) in [6.45, 7) is 5.02. The number of aliphatic hydroxyl groups excluding tert-OH is 1. The third kappa shape index (κ3) is 4.04. The van der Waals surface area contributed by atoms with Gasteiger partial charge in [-0.25, -0.2) is 9.97 Å². The van der Waals surface area contributed by atoms with Crippen molar-refractivity contribution in [1.82, 2.24) is 19.4 Å². The number of carbonyl (C=O) groups is 1. The molecule has 3 rings (SSSR count). The second kappa shape index (κ2) is 8.31. The van der Waals surface area contributed by atoms with E-state index in [4.69, 9.17) is 0 Å². The van der Waals surface area contributed by atoms with Crippen molar-refractivity contribution in [3.05, 3.63) is 42.1 Å². The molecular weight excluding hydrogens is 330 g/mol. The summed E-state index contributed by atoms with van der Waals surface area (Å²) in [5.41, 5.74) is 0.584. The Morgan fingerprint density at radius 3 is 2.85 bits per heavy atom. The van der Waals surface area contributed by atoms with E-state index >= 15 is 0 Å². The summed E-state index contributed by atoms with van der Waals surface area (Å²) in [4.78, 5) is 25.5. The molecule has 0 bridgehead atoms. The van der Waals surface area contributed by atoms with Crippen molar-refractivity contribution in [3.8, 4) is 0 Å². The monoisotopic (exact) mass is 357 g/mol. The second-order valence-corrected chi connectivity index (χ2v) is 6.82. The Morgan fingerprint density at radius 2 is 2.23 bits per heavy atom. The molecule has 1 amide bonds. The molecule has 2 aromatic rings. The molecule has 0 radical (unpaired) electrons. The van der Waals surface area contributed by atoms with Crippen molar-refractivity contribution in [2.24, 2.45) is 13.0 Å². The quantitative estimate of drug-likeness (QED) is 0.851. The summed E-state index contributed by atoms with van der Waals surface area (Å²) in [6.07, 6.45) is 7.38. The molecule has 0 aromatic carbocycles. The van der Waals surface area contributed by atoms with Gasteiger partial charge in [0.05, 0.1) is 12.1 Å². The van der Waals surface area contributed by atoms with Crippen molar-refractivity contribution < 1.29 is 9.90 Å². The Morgan fingerprint density at radius 1 is 1.38 bits per heavy atom. The van der Waals surface area contributed by atoms with Gasteiger partial charge in [-0.3, -0.25) is 4.79 Å². The lowest BCUT2D eigenvalue weighted by Gasteiger charge is -2.32. The van der Waals surface area contributed by atoms with E-state index in [2.05, 4.69) is 14.9 Å². The number of aromatic nitrogens is 3. The van der Waals surface area contributed by atoms with Gasteiger partial charge < -0.3 is 19.5 Å². The summed E-state index contributed by atoms with van der Waals surface area (Å²) in [6, 6.07) is 3.75.